The van der Waals surface area contributed by atoms with E-state index in [-0.39, 0.29) is 0 Å². The Morgan fingerprint density at radius 2 is 1.75 bits per heavy atom. The van der Waals surface area contributed by atoms with Crippen molar-refractivity contribution in [1.82, 2.24) is 14.9 Å². The van der Waals surface area contributed by atoms with E-state index in [1.807, 2.05) is 6.20 Å². The molecule has 0 spiro atoms. The Morgan fingerprint density at radius 3 is 2.43 bits per heavy atom. The van der Waals surface area contributed by atoms with Gasteiger partial charge in [-0.05, 0) is 38.2 Å². The number of unbranched alkanes of at least 4 members (excludes halogenated alkanes) is 2. The van der Waals surface area contributed by atoms with Gasteiger partial charge in [0.1, 0.15) is 5.82 Å². The van der Waals surface area contributed by atoms with Crippen molar-refractivity contribution in [2.75, 3.05) is 36.4 Å². The van der Waals surface area contributed by atoms with Crippen molar-refractivity contribution in [2.45, 2.75) is 96.6 Å². The predicted octanol–water partition coefficient (Wildman–Crippen LogP) is 5.09. The molecule has 0 saturated carbocycles. The first kappa shape index (κ1) is 21.4. The number of aromatic nitrogens is 2. The summed E-state index contributed by atoms with van der Waals surface area (Å²) in [6.45, 7) is 9.21. The van der Waals surface area contributed by atoms with E-state index in [0.717, 1.165) is 37.4 Å². The van der Waals surface area contributed by atoms with E-state index in [0.29, 0.717) is 6.04 Å². The molecule has 28 heavy (non-hydrogen) atoms. The molecule has 3 rings (SSSR count). The minimum atomic E-state index is 0.477. The molecule has 2 aliphatic rings. The van der Waals surface area contributed by atoms with E-state index in [4.69, 9.17) is 4.98 Å². The Balaban J connectivity index is 1.54. The first-order valence-electron chi connectivity index (χ1n) is 11.9. The zero-order valence-electron chi connectivity index (χ0n) is 18.2. The summed E-state index contributed by atoms with van der Waals surface area (Å²) in [5.41, 5.74) is 0. The van der Waals surface area contributed by atoms with E-state index in [9.17, 15) is 0 Å². The van der Waals surface area contributed by atoms with Gasteiger partial charge in [0.25, 0.3) is 0 Å². The van der Waals surface area contributed by atoms with Crippen molar-refractivity contribution in [3.63, 3.8) is 0 Å². The third kappa shape index (κ3) is 6.33. The lowest BCUT2D eigenvalue weighted by Gasteiger charge is -2.28. The van der Waals surface area contributed by atoms with Crippen LogP contribution < -0.4 is 10.2 Å². The van der Waals surface area contributed by atoms with Gasteiger partial charge in [-0.25, -0.2) is 4.98 Å². The van der Waals surface area contributed by atoms with Gasteiger partial charge in [0.05, 0.1) is 0 Å². The van der Waals surface area contributed by atoms with Crippen molar-refractivity contribution < 1.29 is 0 Å². The molecule has 0 radical (unpaired) electrons. The molecular weight excluding hydrogens is 346 g/mol. The van der Waals surface area contributed by atoms with Crippen LogP contribution in [0.25, 0.3) is 0 Å². The molecule has 1 atom stereocenters. The third-order valence-electron chi connectivity index (χ3n) is 6.42. The molecule has 5 nitrogen and oxygen atoms in total. The SMILES string of the molecule is CCCCC(CCCC)N1CCC(Nc2nccc(N3CCCCCC3)n2)C1. The summed E-state index contributed by atoms with van der Waals surface area (Å²) in [6, 6.07) is 3.31. The van der Waals surface area contributed by atoms with Gasteiger partial charge >= 0.3 is 0 Å². The van der Waals surface area contributed by atoms with Crippen LogP contribution in [0.5, 0.6) is 0 Å². The largest absolute Gasteiger partial charge is 0.356 e. The molecular formula is C23H41N5. The lowest BCUT2D eigenvalue weighted by atomic mass is 10.0. The lowest BCUT2D eigenvalue weighted by molar-refractivity contribution is 0.210. The summed E-state index contributed by atoms with van der Waals surface area (Å²) < 4.78 is 0. The quantitative estimate of drug-likeness (QED) is 0.605. The van der Waals surface area contributed by atoms with Crippen LogP contribution in [-0.4, -0.2) is 53.1 Å². The molecule has 1 aromatic heterocycles. The molecule has 2 saturated heterocycles. The fourth-order valence-corrected chi connectivity index (χ4v) is 4.70. The van der Waals surface area contributed by atoms with Gasteiger partial charge in [-0.3, -0.25) is 4.90 Å². The molecule has 1 aromatic rings. The molecule has 2 aliphatic heterocycles. The second kappa shape index (κ2) is 11.6. The first-order chi connectivity index (χ1) is 13.8. The highest BCUT2D eigenvalue weighted by atomic mass is 15.3. The van der Waals surface area contributed by atoms with E-state index < -0.39 is 0 Å². The van der Waals surface area contributed by atoms with Crippen LogP contribution in [-0.2, 0) is 0 Å². The van der Waals surface area contributed by atoms with Crippen molar-refractivity contribution in [1.29, 1.82) is 0 Å². The Kier molecular flexibility index (Phi) is 8.84. The Labute approximate surface area is 172 Å². The van der Waals surface area contributed by atoms with Crippen molar-refractivity contribution in [3.05, 3.63) is 12.3 Å². The normalized spacial score (nSPS) is 21.2. The van der Waals surface area contributed by atoms with Gasteiger partial charge in [0, 0.05) is 44.5 Å². The summed E-state index contributed by atoms with van der Waals surface area (Å²) >= 11 is 0. The van der Waals surface area contributed by atoms with E-state index in [1.54, 1.807) is 0 Å². The third-order valence-corrected chi connectivity index (χ3v) is 6.42. The summed E-state index contributed by atoms with van der Waals surface area (Å²) in [7, 11) is 0. The van der Waals surface area contributed by atoms with Crippen LogP contribution in [0.4, 0.5) is 11.8 Å². The molecule has 2 fully saturated rings. The van der Waals surface area contributed by atoms with Gasteiger partial charge in [0.15, 0.2) is 0 Å². The number of rotatable bonds is 10. The molecule has 0 aromatic carbocycles. The van der Waals surface area contributed by atoms with Crippen LogP contribution in [0, 0.1) is 0 Å². The zero-order chi connectivity index (χ0) is 19.6. The molecule has 1 unspecified atom stereocenters. The minimum absolute atomic E-state index is 0.477. The van der Waals surface area contributed by atoms with E-state index >= 15 is 0 Å². The highest BCUT2D eigenvalue weighted by molar-refractivity contribution is 5.43. The minimum Gasteiger partial charge on any atom is -0.356 e. The van der Waals surface area contributed by atoms with Crippen molar-refractivity contribution in [2.24, 2.45) is 0 Å². The second-order valence-corrected chi connectivity index (χ2v) is 8.70. The molecule has 0 aliphatic carbocycles. The summed E-state index contributed by atoms with van der Waals surface area (Å²) in [6.07, 6.45) is 16.4. The van der Waals surface area contributed by atoms with Gasteiger partial charge in [-0.15, -0.1) is 0 Å². The van der Waals surface area contributed by atoms with E-state index in [2.05, 4.69) is 40.0 Å². The van der Waals surface area contributed by atoms with Crippen LogP contribution in [0.15, 0.2) is 12.3 Å². The monoisotopic (exact) mass is 387 g/mol. The smallest absolute Gasteiger partial charge is 0.224 e. The maximum atomic E-state index is 4.86. The van der Waals surface area contributed by atoms with Gasteiger partial charge in [-0.1, -0.05) is 52.4 Å². The lowest BCUT2D eigenvalue weighted by Crippen LogP contribution is -2.35. The number of nitrogens with zero attached hydrogens (tertiary/aromatic N) is 4. The van der Waals surface area contributed by atoms with Crippen LogP contribution >= 0.6 is 0 Å². The van der Waals surface area contributed by atoms with E-state index in [1.165, 1.54) is 77.2 Å². The topological polar surface area (TPSA) is 44.3 Å². The number of hydrogen-bond donors (Lipinski definition) is 1. The Bertz CT molecular complexity index is 548. The van der Waals surface area contributed by atoms with Crippen LogP contribution in [0.2, 0.25) is 0 Å². The number of hydrogen-bond acceptors (Lipinski definition) is 5. The fourth-order valence-electron chi connectivity index (χ4n) is 4.70. The number of nitrogens with one attached hydrogen (secondary N) is 1. The molecule has 5 heteroatoms. The Hall–Kier alpha value is -1.36. The van der Waals surface area contributed by atoms with Gasteiger partial charge in [0.2, 0.25) is 5.95 Å². The summed E-state index contributed by atoms with van der Waals surface area (Å²) in [5.74, 6) is 1.91. The first-order valence-corrected chi connectivity index (χ1v) is 11.9. The summed E-state index contributed by atoms with van der Waals surface area (Å²) in [5, 5.41) is 3.64. The average molecular weight is 388 g/mol. The fraction of sp³-hybridized carbons (Fsp3) is 0.826. The average Bonchev–Trinajstić information content (AvgIpc) is 3.00. The predicted molar refractivity (Wildman–Crippen MR) is 119 cm³/mol. The second-order valence-electron chi connectivity index (χ2n) is 8.70. The van der Waals surface area contributed by atoms with Crippen LogP contribution in [0.3, 0.4) is 0 Å². The highest BCUT2D eigenvalue weighted by Crippen LogP contribution is 2.23. The number of likely N-dealkylation sites (tertiary alicyclic amines) is 1. The maximum absolute atomic E-state index is 4.86. The van der Waals surface area contributed by atoms with Crippen molar-refractivity contribution in [3.8, 4) is 0 Å². The van der Waals surface area contributed by atoms with Gasteiger partial charge < -0.3 is 10.2 Å². The number of anilines is 2. The highest BCUT2D eigenvalue weighted by Gasteiger charge is 2.28. The summed E-state index contributed by atoms with van der Waals surface area (Å²) in [4.78, 5) is 14.5. The molecule has 0 amide bonds. The zero-order valence-corrected chi connectivity index (χ0v) is 18.2. The van der Waals surface area contributed by atoms with Gasteiger partial charge in [-0.2, -0.15) is 4.98 Å². The molecule has 1 N–H and O–H groups in total. The maximum Gasteiger partial charge on any atom is 0.224 e. The Morgan fingerprint density at radius 1 is 1.04 bits per heavy atom. The molecule has 0 bridgehead atoms. The van der Waals surface area contributed by atoms with Crippen molar-refractivity contribution >= 4 is 11.8 Å². The standard InChI is InChI=1S/C23H41N5/c1-3-5-11-21(12-6-4-2)28-18-14-20(19-28)25-23-24-15-13-22(26-23)27-16-9-7-8-10-17-27/h13,15,20-21H,3-12,14,16-19H2,1-2H3,(H,24,25,26). The molecule has 158 valence electrons. The van der Waals surface area contributed by atoms with Crippen LogP contribution in [0.1, 0.15) is 84.5 Å². The molecule has 3 heterocycles.